The van der Waals surface area contributed by atoms with Crippen molar-refractivity contribution in [1.82, 2.24) is 25.0 Å². The van der Waals surface area contributed by atoms with Crippen molar-refractivity contribution in [2.75, 3.05) is 0 Å². The maximum Gasteiger partial charge on any atom is 0.259 e. The molecule has 2 aromatic carbocycles. The van der Waals surface area contributed by atoms with Crippen molar-refractivity contribution in [3.8, 4) is 23.0 Å². The topological polar surface area (TPSA) is 103 Å². The fourth-order valence-corrected chi connectivity index (χ4v) is 3.71. The Morgan fingerprint density at radius 1 is 1.03 bits per heavy atom. The molecule has 1 N–H and O–H groups in total. The molecular formula is C26H21N5O3. The quantitative estimate of drug-likeness (QED) is 0.422. The van der Waals surface area contributed by atoms with Crippen LogP contribution >= 0.6 is 0 Å². The van der Waals surface area contributed by atoms with Gasteiger partial charge in [-0.2, -0.15) is 4.98 Å². The molecule has 0 spiro atoms. The Morgan fingerprint density at radius 2 is 1.82 bits per heavy atom. The van der Waals surface area contributed by atoms with Gasteiger partial charge < -0.3 is 9.84 Å². The largest absolute Gasteiger partial charge is 0.350 e. The number of hydrogen-bond acceptors (Lipinski definition) is 6. The number of nitrogens with zero attached hydrogens (tertiary/aromatic N) is 4. The van der Waals surface area contributed by atoms with Gasteiger partial charge in [0.15, 0.2) is 0 Å². The van der Waals surface area contributed by atoms with E-state index in [1.165, 1.54) is 10.6 Å². The molecule has 0 saturated heterocycles. The molecule has 168 valence electrons. The first-order valence-electron chi connectivity index (χ1n) is 10.8. The minimum absolute atomic E-state index is 0.103. The monoisotopic (exact) mass is 451 g/mol. The Hall–Kier alpha value is -4.59. The van der Waals surface area contributed by atoms with Crippen LogP contribution in [0.4, 0.5) is 0 Å². The van der Waals surface area contributed by atoms with Crippen molar-refractivity contribution in [2.24, 2.45) is 0 Å². The molecule has 0 unspecified atom stereocenters. The Balaban J connectivity index is 1.44. The molecule has 0 aliphatic carbocycles. The van der Waals surface area contributed by atoms with Crippen LogP contribution in [0, 0.1) is 6.92 Å². The third-order valence-electron chi connectivity index (χ3n) is 5.48. The minimum atomic E-state index is -0.336. The van der Waals surface area contributed by atoms with E-state index < -0.39 is 0 Å². The van der Waals surface area contributed by atoms with Crippen LogP contribution < -0.4 is 10.9 Å². The number of fused-ring (bicyclic) bond motifs is 1. The van der Waals surface area contributed by atoms with Crippen LogP contribution in [-0.2, 0) is 17.9 Å². The third-order valence-corrected chi connectivity index (χ3v) is 5.48. The van der Waals surface area contributed by atoms with Crippen molar-refractivity contribution >= 4 is 16.8 Å². The van der Waals surface area contributed by atoms with E-state index in [9.17, 15) is 9.59 Å². The molecule has 3 heterocycles. The summed E-state index contributed by atoms with van der Waals surface area (Å²) in [7, 11) is 0. The first-order valence-corrected chi connectivity index (χ1v) is 10.8. The SMILES string of the molecule is Cc1ccc(CNC(=O)Cn2c(=O)cc(-c3nc(-c4ccccn4)no3)c3ccccc32)cc1. The van der Waals surface area contributed by atoms with Crippen LogP contribution in [0.15, 0.2) is 88.3 Å². The lowest BCUT2D eigenvalue weighted by Crippen LogP contribution is -2.32. The van der Waals surface area contributed by atoms with Gasteiger partial charge in [-0.15, -0.1) is 0 Å². The van der Waals surface area contributed by atoms with E-state index in [4.69, 9.17) is 4.52 Å². The first-order chi connectivity index (χ1) is 16.6. The summed E-state index contributed by atoms with van der Waals surface area (Å²) in [6.07, 6.45) is 1.64. The molecule has 1 amide bonds. The second-order valence-electron chi connectivity index (χ2n) is 7.90. The Bertz CT molecular complexity index is 1520. The molecule has 8 heteroatoms. The molecule has 0 aliphatic heterocycles. The van der Waals surface area contributed by atoms with E-state index in [1.54, 1.807) is 24.4 Å². The van der Waals surface area contributed by atoms with Gasteiger partial charge >= 0.3 is 0 Å². The highest BCUT2D eigenvalue weighted by Crippen LogP contribution is 2.27. The zero-order valence-corrected chi connectivity index (χ0v) is 18.4. The average Bonchev–Trinajstić information content (AvgIpc) is 3.36. The van der Waals surface area contributed by atoms with Gasteiger partial charge in [0.05, 0.1) is 11.1 Å². The zero-order valence-electron chi connectivity index (χ0n) is 18.4. The standard InChI is InChI=1S/C26H21N5O3/c1-17-9-11-18(12-10-17)15-28-23(32)16-31-22-8-3-2-6-19(22)20(14-24(31)33)26-29-25(30-34-26)21-7-4-5-13-27-21/h2-14H,15-16H2,1H3,(H,28,32). The lowest BCUT2D eigenvalue weighted by Gasteiger charge is -2.12. The van der Waals surface area contributed by atoms with E-state index in [0.29, 0.717) is 29.1 Å². The number of aryl methyl sites for hydroxylation is 1. The van der Waals surface area contributed by atoms with Gasteiger partial charge in [0.1, 0.15) is 12.2 Å². The molecule has 0 fully saturated rings. The minimum Gasteiger partial charge on any atom is -0.350 e. The van der Waals surface area contributed by atoms with Gasteiger partial charge in [-0.05, 0) is 30.7 Å². The number of nitrogens with one attached hydrogen (secondary N) is 1. The van der Waals surface area contributed by atoms with Crippen molar-refractivity contribution < 1.29 is 9.32 Å². The van der Waals surface area contributed by atoms with Gasteiger partial charge in [-0.3, -0.25) is 19.1 Å². The van der Waals surface area contributed by atoms with E-state index in [-0.39, 0.29) is 23.9 Å². The fraction of sp³-hybridized carbons (Fsp3) is 0.115. The van der Waals surface area contributed by atoms with E-state index in [2.05, 4.69) is 20.4 Å². The zero-order chi connectivity index (χ0) is 23.5. The number of pyridine rings is 2. The lowest BCUT2D eigenvalue weighted by atomic mass is 10.1. The van der Waals surface area contributed by atoms with Crippen LogP contribution in [0.2, 0.25) is 0 Å². The van der Waals surface area contributed by atoms with Crippen LogP contribution in [0.3, 0.4) is 0 Å². The van der Waals surface area contributed by atoms with E-state index >= 15 is 0 Å². The molecule has 0 bridgehead atoms. The van der Waals surface area contributed by atoms with E-state index in [0.717, 1.165) is 16.5 Å². The molecule has 0 aliphatic rings. The molecule has 0 saturated carbocycles. The Morgan fingerprint density at radius 3 is 2.62 bits per heavy atom. The van der Waals surface area contributed by atoms with Gasteiger partial charge in [0, 0.05) is 24.2 Å². The van der Waals surface area contributed by atoms with Gasteiger partial charge in [0.25, 0.3) is 11.4 Å². The van der Waals surface area contributed by atoms with Crippen LogP contribution in [-0.4, -0.2) is 25.6 Å². The molecule has 5 aromatic rings. The van der Waals surface area contributed by atoms with Crippen LogP contribution in [0.5, 0.6) is 0 Å². The summed E-state index contributed by atoms with van der Waals surface area (Å²) in [5, 5.41) is 7.61. The van der Waals surface area contributed by atoms with Crippen molar-refractivity contribution in [3.63, 3.8) is 0 Å². The maximum absolute atomic E-state index is 13.0. The summed E-state index contributed by atoms with van der Waals surface area (Å²) >= 11 is 0. The number of carbonyl (C=O) groups excluding carboxylic acids is 1. The summed E-state index contributed by atoms with van der Waals surface area (Å²) in [5.41, 5.74) is 3.49. The lowest BCUT2D eigenvalue weighted by molar-refractivity contribution is -0.121. The number of amides is 1. The molecule has 0 radical (unpaired) electrons. The average molecular weight is 451 g/mol. The summed E-state index contributed by atoms with van der Waals surface area (Å²) in [6.45, 7) is 2.30. The molecule has 34 heavy (non-hydrogen) atoms. The molecule has 8 nitrogen and oxygen atoms in total. The molecule has 0 atom stereocenters. The van der Waals surface area contributed by atoms with Gasteiger partial charge in [0.2, 0.25) is 11.7 Å². The molecule has 5 rings (SSSR count). The van der Waals surface area contributed by atoms with Crippen molar-refractivity contribution in [2.45, 2.75) is 20.0 Å². The number of rotatable bonds is 6. The highest BCUT2D eigenvalue weighted by Gasteiger charge is 2.18. The highest BCUT2D eigenvalue weighted by molar-refractivity contribution is 5.93. The van der Waals surface area contributed by atoms with Crippen molar-refractivity contribution in [1.29, 1.82) is 0 Å². The van der Waals surface area contributed by atoms with Gasteiger partial charge in [-0.1, -0.05) is 59.3 Å². The molecular weight excluding hydrogens is 430 g/mol. The Kier molecular flexibility index (Phi) is 5.70. The third kappa shape index (κ3) is 4.33. The normalized spacial score (nSPS) is 11.0. The number of benzene rings is 2. The number of aromatic nitrogens is 4. The predicted octanol–water partition coefficient (Wildman–Crippen LogP) is 3.74. The summed E-state index contributed by atoms with van der Waals surface area (Å²) in [4.78, 5) is 34.3. The Labute approximate surface area is 194 Å². The number of para-hydroxylation sites is 1. The first kappa shape index (κ1) is 21.3. The van der Waals surface area contributed by atoms with Crippen LogP contribution in [0.1, 0.15) is 11.1 Å². The van der Waals surface area contributed by atoms with E-state index in [1.807, 2.05) is 55.5 Å². The van der Waals surface area contributed by atoms with Crippen molar-refractivity contribution in [3.05, 3.63) is 100 Å². The van der Waals surface area contributed by atoms with Gasteiger partial charge in [-0.25, -0.2) is 0 Å². The summed E-state index contributed by atoms with van der Waals surface area (Å²) < 4.78 is 6.90. The fourth-order valence-electron chi connectivity index (χ4n) is 3.71. The highest BCUT2D eigenvalue weighted by atomic mass is 16.5. The predicted molar refractivity (Wildman–Crippen MR) is 128 cm³/mol. The summed E-state index contributed by atoms with van der Waals surface area (Å²) in [6, 6.07) is 22.1. The summed E-state index contributed by atoms with van der Waals surface area (Å²) in [5.74, 6) is 0.292. The number of carbonyl (C=O) groups is 1. The smallest absolute Gasteiger partial charge is 0.259 e. The number of hydrogen-bond donors (Lipinski definition) is 1. The second-order valence-corrected chi connectivity index (χ2v) is 7.90. The molecule has 3 aromatic heterocycles. The second kappa shape index (κ2) is 9.11. The van der Waals surface area contributed by atoms with Crippen LogP contribution in [0.25, 0.3) is 33.9 Å². The maximum atomic E-state index is 13.0.